The van der Waals surface area contributed by atoms with Crippen molar-refractivity contribution in [3.63, 3.8) is 0 Å². The van der Waals surface area contributed by atoms with E-state index < -0.39 is 0 Å². The SMILES string of the molecule is CNCc1ccccc1Oc1nc(C)cc(OC(C)C)n1. The van der Waals surface area contributed by atoms with Crippen LogP contribution in [0.4, 0.5) is 0 Å². The Hall–Kier alpha value is -2.14. The van der Waals surface area contributed by atoms with Crippen LogP contribution in [0.1, 0.15) is 25.1 Å². The van der Waals surface area contributed by atoms with Crippen molar-refractivity contribution in [2.75, 3.05) is 7.05 Å². The van der Waals surface area contributed by atoms with Gasteiger partial charge in [0.05, 0.1) is 6.10 Å². The summed E-state index contributed by atoms with van der Waals surface area (Å²) in [5.41, 5.74) is 1.86. The van der Waals surface area contributed by atoms with E-state index in [1.807, 2.05) is 52.1 Å². The average Bonchev–Trinajstić information content (AvgIpc) is 2.40. The summed E-state index contributed by atoms with van der Waals surface area (Å²) >= 11 is 0. The maximum atomic E-state index is 5.82. The highest BCUT2D eigenvalue weighted by molar-refractivity contribution is 5.35. The zero-order valence-electron chi connectivity index (χ0n) is 12.9. The molecule has 0 radical (unpaired) electrons. The highest BCUT2D eigenvalue weighted by Crippen LogP contribution is 2.24. The van der Waals surface area contributed by atoms with Gasteiger partial charge in [0.15, 0.2) is 0 Å². The summed E-state index contributed by atoms with van der Waals surface area (Å²) in [7, 11) is 1.90. The fourth-order valence-corrected chi connectivity index (χ4v) is 1.90. The van der Waals surface area contributed by atoms with Gasteiger partial charge in [0.25, 0.3) is 0 Å². The molecule has 0 saturated carbocycles. The van der Waals surface area contributed by atoms with Gasteiger partial charge in [-0.3, -0.25) is 0 Å². The third kappa shape index (κ3) is 4.43. The molecule has 1 N–H and O–H groups in total. The Morgan fingerprint density at radius 1 is 1.19 bits per heavy atom. The zero-order chi connectivity index (χ0) is 15.2. The molecule has 0 fully saturated rings. The van der Waals surface area contributed by atoms with Crippen molar-refractivity contribution in [3.8, 4) is 17.6 Å². The van der Waals surface area contributed by atoms with Crippen molar-refractivity contribution in [1.29, 1.82) is 0 Å². The second-order valence-corrected chi connectivity index (χ2v) is 5.04. The van der Waals surface area contributed by atoms with Gasteiger partial charge >= 0.3 is 6.01 Å². The quantitative estimate of drug-likeness (QED) is 0.884. The zero-order valence-corrected chi connectivity index (χ0v) is 12.9. The average molecular weight is 287 g/mol. The van der Waals surface area contributed by atoms with E-state index in [1.165, 1.54) is 0 Å². The molecule has 5 heteroatoms. The molecule has 21 heavy (non-hydrogen) atoms. The van der Waals surface area contributed by atoms with Crippen LogP contribution < -0.4 is 14.8 Å². The Morgan fingerprint density at radius 3 is 2.67 bits per heavy atom. The number of rotatable bonds is 6. The molecule has 0 unspecified atom stereocenters. The molecule has 0 aliphatic rings. The van der Waals surface area contributed by atoms with E-state index in [2.05, 4.69) is 15.3 Å². The van der Waals surface area contributed by atoms with Gasteiger partial charge in [0.2, 0.25) is 5.88 Å². The molecule has 0 spiro atoms. The first-order valence-electron chi connectivity index (χ1n) is 7.01. The smallest absolute Gasteiger partial charge is 0.325 e. The number of hydrogen-bond donors (Lipinski definition) is 1. The highest BCUT2D eigenvalue weighted by Gasteiger charge is 2.09. The van der Waals surface area contributed by atoms with Gasteiger partial charge in [0.1, 0.15) is 5.75 Å². The lowest BCUT2D eigenvalue weighted by Gasteiger charge is -2.12. The number of ether oxygens (including phenoxy) is 2. The summed E-state index contributed by atoms with van der Waals surface area (Å²) in [5.74, 6) is 1.27. The van der Waals surface area contributed by atoms with Crippen molar-refractivity contribution < 1.29 is 9.47 Å². The molecule has 5 nitrogen and oxygen atoms in total. The van der Waals surface area contributed by atoms with Crippen molar-refractivity contribution in [3.05, 3.63) is 41.6 Å². The van der Waals surface area contributed by atoms with E-state index in [0.717, 1.165) is 23.6 Å². The molecule has 0 bridgehead atoms. The molecule has 1 aromatic heterocycles. The van der Waals surface area contributed by atoms with Crippen LogP contribution in [-0.2, 0) is 6.54 Å². The van der Waals surface area contributed by atoms with Crippen LogP contribution >= 0.6 is 0 Å². The fourth-order valence-electron chi connectivity index (χ4n) is 1.90. The Bertz CT molecular complexity index is 600. The molecular formula is C16H21N3O2. The highest BCUT2D eigenvalue weighted by atomic mass is 16.5. The van der Waals surface area contributed by atoms with E-state index in [1.54, 1.807) is 6.07 Å². The maximum absolute atomic E-state index is 5.82. The predicted molar refractivity (Wildman–Crippen MR) is 81.8 cm³/mol. The van der Waals surface area contributed by atoms with E-state index in [4.69, 9.17) is 9.47 Å². The summed E-state index contributed by atoms with van der Waals surface area (Å²) < 4.78 is 11.4. The second-order valence-electron chi connectivity index (χ2n) is 5.04. The first-order valence-corrected chi connectivity index (χ1v) is 7.01. The summed E-state index contributed by atoms with van der Waals surface area (Å²) in [5, 5.41) is 3.11. The lowest BCUT2D eigenvalue weighted by Crippen LogP contribution is -2.09. The Kier molecular flexibility index (Phi) is 5.11. The van der Waals surface area contributed by atoms with Crippen LogP contribution in [0.25, 0.3) is 0 Å². The van der Waals surface area contributed by atoms with E-state index in [9.17, 15) is 0 Å². The number of aromatic nitrogens is 2. The van der Waals surface area contributed by atoms with Crippen molar-refractivity contribution in [2.24, 2.45) is 0 Å². The largest absolute Gasteiger partial charge is 0.475 e. The van der Waals surface area contributed by atoms with Crippen molar-refractivity contribution >= 4 is 0 Å². The second kappa shape index (κ2) is 7.04. The van der Waals surface area contributed by atoms with Gasteiger partial charge in [0, 0.05) is 23.9 Å². The van der Waals surface area contributed by atoms with Crippen LogP contribution in [0.3, 0.4) is 0 Å². The molecule has 2 rings (SSSR count). The molecule has 0 atom stereocenters. The first-order chi connectivity index (χ1) is 10.1. The van der Waals surface area contributed by atoms with Gasteiger partial charge in [-0.05, 0) is 33.9 Å². The monoisotopic (exact) mass is 287 g/mol. The van der Waals surface area contributed by atoms with Crippen molar-refractivity contribution in [2.45, 2.75) is 33.4 Å². The lowest BCUT2D eigenvalue weighted by molar-refractivity contribution is 0.229. The molecule has 112 valence electrons. The predicted octanol–water partition coefficient (Wildman–Crippen LogP) is 3.08. The molecule has 0 saturated heterocycles. The van der Waals surface area contributed by atoms with E-state index in [-0.39, 0.29) is 6.10 Å². The molecule has 0 aliphatic heterocycles. The van der Waals surface area contributed by atoms with E-state index >= 15 is 0 Å². The number of nitrogens with one attached hydrogen (secondary N) is 1. The molecular weight excluding hydrogens is 266 g/mol. The third-order valence-electron chi connectivity index (χ3n) is 2.71. The number of hydrogen-bond acceptors (Lipinski definition) is 5. The Morgan fingerprint density at radius 2 is 1.95 bits per heavy atom. The molecule has 2 aromatic rings. The summed E-state index contributed by atoms with van der Waals surface area (Å²) in [6.07, 6.45) is 0.0590. The van der Waals surface area contributed by atoms with Crippen molar-refractivity contribution in [1.82, 2.24) is 15.3 Å². The van der Waals surface area contributed by atoms with Gasteiger partial charge < -0.3 is 14.8 Å². The molecule has 0 amide bonds. The van der Waals surface area contributed by atoms with Gasteiger partial charge in [-0.1, -0.05) is 18.2 Å². The minimum atomic E-state index is 0.0590. The first kappa shape index (κ1) is 15.3. The third-order valence-corrected chi connectivity index (χ3v) is 2.71. The van der Waals surface area contributed by atoms with Gasteiger partial charge in [-0.25, -0.2) is 0 Å². The normalized spacial score (nSPS) is 10.7. The van der Waals surface area contributed by atoms with Crippen LogP contribution in [0.2, 0.25) is 0 Å². The van der Waals surface area contributed by atoms with Crippen LogP contribution in [-0.4, -0.2) is 23.1 Å². The van der Waals surface area contributed by atoms with Crippen LogP contribution in [0, 0.1) is 6.92 Å². The number of nitrogens with zero attached hydrogens (tertiary/aromatic N) is 2. The van der Waals surface area contributed by atoms with Crippen LogP contribution in [0.15, 0.2) is 30.3 Å². The number of benzene rings is 1. The molecule has 1 aromatic carbocycles. The number of aryl methyl sites for hydroxylation is 1. The maximum Gasteiger partial charge on any atom is 0.325 e. The summed E-state index contributed by atoms with van der Waals surface area (Å²) in [4.78, 5) is 8.60. The van der Waals surface area contributed by atoms with Gasteiger partial charge in [-0.15, -0.1) is 0 Å². The summed E-state index contributed by atoms with van der Waals surface area (Å²) in [6.45, 7) is 6.53. The van der Waals surface area contributed by atoms with Gasteiger partial charge in [-0.2, -0.15) is 9.97 Å². The molecule has 1 heterocycles. The Balaban J connectivity index is 2.25. The number of para-hydroxylation sites is 1. The van der Waals surface area contributed by atoms with Crippen LogP contribution in [0.5, 0.6) is 17.6 Å². The topological polar surface area (TPSA) is 56.3 Å². The summed E-state index contributed by atoms with van der Waals surface area (Å²) in [6, 6.07) is 9.91. The lowest BCUT2D eigenvalue weighted by atomic mass is 10.2. The standard InChI is InChI=1S/C16H21N3O2/c1-11(2)20-15-9-12(3)18-16(19-15)21-14-8-6-5-7-13(14)10-17-4/h5-9,11,17H,10H2,1-4H3. The fraction of sp³-hybridized carbons (Fsp3) is 0.375. The minimum Gasteiger partial charge on any atom is -0.475 e. The minimum absolute atomic E-state index is 0.0590. The molecule has 0 aliphatic carbocycles. The van der Waals surface area contributed by atoms with E-state index in [0.29, 0.717) is 11.9 Å². The Labute approximate surface area is 125 Å².